The maximum atomic E-state index is 13.2. The number of nitrogens with zero attached hydrogens (tertiary/aromatic N) is 1. The molecule has 0 aromatic heterocycles. The number of halogens is 1. The van der Waals surface area contributed by atoms with E-state index in [4.69, 9.17) is 5.26 Å². The van der Waals surface area contributed by atoms with Crippen molar-refractivity contribution in [2.45, 2.75) is 12.8 Å². The second-order valence-corrected chi connectivity index (χ2v) is 3.95. The van der Waals surface area contributed by atoms with Gasteiger partial charge in [-0.25, -0.2) is 4.39 Å². The van der Waals surface area contributed by atoms with Crippen molar-refractivity contribution in [3.05, 3.63) is 59.9 Å². The molecule has 1 nitrogen and oxygen atoms in total. The lowest BCUT2D eigenvalue weighted by Crippen LogP contribution is -1.93. The zero-order valence-corrected chi connectivity index (χ0v) is 9.52. The minimum atomic E-state index is -0.262. The van der Waals surface area contributed by atoms with E-state index in [0.29, 0.717) is 0 Å². The summed E-state index contributed by atoms with van der Waals surface area (Å²) < 4.78 is 13.2. The monoisotopic (exact) mass is 225 g/mol. The van der Waals surface area contributed by atoms with Crippen LogP contribution in [-0.2, 0) is 0 Å². The Morgan fingerprint density at radius 3 is 2.59 bits per heavy atom. The van der Waals surface area contributed by atoms with Gasteiger partial charge in [-0.15, -0.1) is 0 Å². The maximum Gasteiger partial charge on any atom is 0.123 e. The van der Waals surface area contributed by atoms with Gasteiger partial charge in [-0.05, 0) is 35.7 Å². The van der Waals surface area contributed by atoms with E-state index in [9.17, 15) is 4.39 Å². The SMILES string of the molecule is CC(C#N)c1ccccc1-c1cccc(F)c1. The quantitative estimate of drug-likeness (QED) is 0.754. The van der Waals surface area contributed by atoms with E-state index in [0.717, 1.165) is 16.7 Å². The molecule has 2 heteroatoms. The fourth-order valence-electron chi connectivity index (χ4n) is 1.86. The Labute approximate surface area is 100 Å². The minimum absolute atomic E-state index is 0.200. The van der Waals surface area contributed by atoms with Gasteiger partial charge >= 0.3 is 0 Å². The van der Waals surface area contributed by atoms with Gasteiger partial charge in [-0.1, -0.05) is 36.4 Å². The number of hydrogen-bond acceptors (Lipinski definition) is 1. The first kappa shape index (κ1) is 11.3. The molecule has 0 saturated carbocycles. The molecule has 17 heavy (non-hydrogen) atoms. The molecule has 0 heterocycles. The Bertz CT molecular complexity index is 569. The summed E-state index contributed by atoms with van der Waals surface area (Å²) in [6, 6.07) is 16.3. The van der Waals surface area contributed by atoms with Gasteiger partial charge in [0.2, 0.25) is 0 Å². The summed E-state index contributed by atoms with van der Waals surface area (Å²) in [5, 5.41) is 8.99. The highest BCUT2D eigenvalue weighted by Gasteiger charge is 2.10. The van der Waals surface area contributed by atoms with Crippen molar-refractivity contribution < 1.29 is 4.39 Å². The van der Waals surface area contributed by atoms with Crippen LogP contribution in [0, 0.1) is 17.1 Å². The number of hydrogen-bond donors (Lipinski definition) is 0. The van der Waals surface area contributed by atoms with E-state index in [1.807, 2.05) is 37.3 Å². The summed E-state index contributed by atoms with van der Waals surface area (Å²) in [6.45, 7) is 1.85. The molecule has 1 atom stereocenters. The van der Waals surface area contributed by atoms with Crippen LogP contribution < -0.4 is 0 Å². The van der Waals surface area contributed by atoms with Gasteiger partial charge in [0.25, 0.3) is 0 Å². The van der Waals surface area contributed by atoms with Gasteiger partial charge in [0.15, 0.2) is 0 Å². The van der Waals surface area contributed by atoms with Gasteiger partial charge in [0, 0.05) is 0 Å². The average Bonchev–Trinajstić information content (AvgIpc) is 2.38. The smallest absolute Gasteiger partial charge is 0.123 e. The molecular formula is C15H12FN. The molecule has 0 saturated heterocycles. The van der Waals surface area contributed by atoms with Gasteiger partial charge < -0.3 is 0 Å². The van der Waals surface area contributed by atoms with Crippen molar-refractivity contribution in [1.82, 2.24) is 0 Å². The molecular weight excluding hydrogens is 213 g/mol. The molecule has 0 aliphatic carbocycles. The molecule has 1 unspecified atom stereocenters. The summed E-state index contributed by atoms with van der Waals surface area (Å²) in [6.07, 6.45) is 0. The van der Waals surface area contributed by atoms with Crippen LogP contribution in [0.3, 0.4) is 0 Å². The molecule has 0 radical (unpaired) electrons. The van der Waals surface area contributed by atoms with Crippen molar-refractivity contribution in [1.29, 1.82) is 5.26 Å². The highest BCUT2D eigenvalue weighted by Crippen LogP contribution is 2.29. The van der Waals surface area contributed by atoms with Crippen LogP contribution in [0.15, 0.2) is 48.5 Å². The van der Waals surface area contributed by atoms with Crippen molar-refractivity contribution in [2.24, 2.45) is 0 Å². The van der Waals surface area contributed by atoms with E-state index in [2.05, 4.69) is 6.07 Å². The fraction of sp³-hybridized carbons (Fsp3) is 0.133. The first-order chi connectivity index (χ1) is 8.22. The lowest BCUT2D eigenvalue weighted by atomic mass is 9.92. The van der Waals surface area contributed by atoms with E-state index >= 15 is 0 Å². The highest BCUT2D eigenvalue weighted by molar-refractivity contribution is 5.68. The topological polar surface area (TPSA) is 23.8 Å². The Hall–Kier alpha value is -2.14. The third-order valence-electron chi connectivity index (χ3n) is 2.76. The molecule has 0 spiro atoms. The zero-order valence-electron chi connectivity index (χ0n) is 9.52. The largest absolute Gasteiger partial charge is 0.207 e. The summed E-state index contributed by atoms with van der Waals surface area (Å²) in [4.78, 5) is 0. The minimum Gasteiger partial charge on any atom is -0.207 e. The Kier molecular flexibility index (Phi) is 3.20. The summed E-state index contributed by atoms with van der Waals surface area (Å²) in [5.41, 5.74) is 2.66. The van der Waals surface area contributed by atoms with Crippen molar-refractivity contribution in [2.75, 3.05) is 0 Å². The standard InChI is InChI=1S/C15H12FN/c1-11(10-17)14-7-2-3-8-15(14)12-5-4-6-13(16)9-12/h2-9,11H,1H3. The van der Waals surface area contributed by atoms with Crippen LogP contribution >= 0.6 is 0 Å². The van der Waals surface area contributed by atoms with Crippen LogP contribution in [-0.4, -0.2) is 0 Å². The maximum absolute atomic E-state index is 13.2. The van der Waals surface area contributed by atoms with Gasteiger partial charge in [-0.3, -0.25) is 0 Å². The molecule has 0 N–H and O–H groups in total. The van der Waals surface area contributed by atoms with Crippen molar-refractivity contribution >= 4 is 0 Å². The molecule has 0 aliphatic rings. The van der Waals surface area contributed by atoms with E-state index in [1.165, 1.54) is 12.1 Å². The second kappa shape index (κ2) is 4.80. The number of nitriles is 1. The molecule has 2 rings (SSSR count). The molecule has 2 aromatic rings. The summed E-state index contributed by atoms with van der Waals surface area (Å²) in [5.74, 6) is -0.462. The molecule has 0 aliphatic heterocycles. The van der Waals surface area contributed by atoms with Crippen LogP contribution in [0.5, 0.6) is 0 Å². The van der Waals surface area contributed by atoms with Crippen LogP contribution in [0.2, 0.25) is 0 Å². The molecule has 2 aromatic carbocycles. The van der Waals surface area contributed by atoms with E-state index in [1.54, 1.807) is 6.07 Å². The van der Waals surface area contributed by atoms with Crippen molar-refractivity contribution in [3.8, 4) is 17.2 Å². The Morgan fingerprint density at radius 1 is 1.12 bits per heavy atom. The third kappa shape index (κ3) is 2.34. The van der Waals surface area contributed by atoms with Gasteiger partial charge in [-0.2, -0.15) is 5.26 Å². The Balaban J connectivity index is 2.56. The second-order valence-electron chi connectivity index (χ2n) is 3.95. The van der Waals surface area contributed by atoms with Gasteiger partial charge in [0.05, 0.1) is 12.0 Å². The number of rotatable bonds is 2. The number of benzene rings is 2. The molecule has 0 bridgehead atoms. The van der Waals surface area contributed by atoms with E-state index in [-0.39, 0.29) is 11.7 Å². The molecule has 84 valence electrons. The van der Waals surface area contributed by atoms with Crippen LogP contribution in [0.1, 0.15) is 18.4 Å². The fourth-order valence-corrected chi connectivity index (χ4v) is 1.86. The third-order valence-corrected chi connectivity index (χ3v) is 2.76. The first-order valence-electron chi connectivity index (χ1n) is 5.47. The van der Waals surface area contributed by atoms with Gasteiger partial charge in [0.1, 0.15) is 5.82 Å². The molecule has 0 fully saturated rings. The summed E-state index contributed by atoms with van der Waals surface area (Å²) in [7, 11) is 0. The lowest BCUT2D eigenvalue weighted by Gasteiger charge is -2.11. The average molecular weight is 225 g/mol. The molecule has 0 amide bonds. The lowest BCUT2D eigenvalue weighted by molar-refractivity contribution is 0.628. The predicted octanol–water partition coefficient (Wildman–Crippen LogP) is 4.12. The predicted molar refractivity (Wildman–Crippen MR) is 65.9 cm³/mol. The summed E-state index contributed by atoms with van der Waals surface area (Å²) >= 11 is 0. The zero-order chi connectivity index (χ0) is 12.3. The van der Waals surface area contributed by atoms with Crippen molar-refractivity contribution in [3.63, 3.8) is 0 Å². The first-order valence-corrected chi connectivity index (χ1v) is 5.47. The van der Waals surface area contributed by atoms with Crippen LogP contribution in [0.25, 0.3) is 11.1 Å². The van der Waals surface area contributed by atoms with E-state index < -0.39 is 0 Å². The van der Waals surface area contributed by atoms with Crippen LogP contribution in [0.4, 0.5) is 4.39 Å². The normalized spacial score (nSPS) is 11.8. The highest BCUT2D eigenvalue weighted by atomic mass is 19.1. The Morgan fingerprint density at radius 2 is 1.88 bits per heavy atom.